The molecule has 2 aromatic heterocycles. The van der Waals surface area contributed by atoms with Gasteiger partial charge in [-0.3, -0.25) is 4.21 Å². The molecular formula is C30H21F8N3O3S. The van der Waals surface area contributed by atoms with Gasteiger partial charge in [0, 0.05) is 46.2 Å². The van der Waals surface area contributed by atoms with E-state index in [9.17, 15) is 39.3 Å². The van der Waals surface area contributed by atoms with Crippen molar-refractivity contribution in [1.29, 1.82) is 0 Å². The predicted octanol–water partition coefficient (Wildman–Crippen LogP) is 8.77. The van der Waals surface area contributed by atoms with Crippen molar-refractivity contribution in [3.63, 3.8) is 0 Å². The number of aromatic nitrogens is 3. The van der Waals surface area contributed by atoms with Crippen LogP contribution in [0.3, 0.4) is 0 Å². The molecule has 0 aliphatic carbocycles. The number of aryl methyl sites for hydroxylation is 2. The normalized spacial score (nSPS) is 13.2. The topological polar surface area (TPSA) is 70.2 Å². The van der Waals surface area contributed by atoms with E-state index in [0.717, 1.165) is 18.3 Å². The number of hydrogen-bond acceptors (Lipinski definition) is 5. The monoisotopic (exact) mass is 655 g/mol. The van der Waals surface area contributed by atoms with Gasteiger partial charge in [0.2, 0.25) is 0 Å². The molecule has 15 heteroatoms. The van der Waals surface area contributed by atoms with Crippen LogP contribution in [0.1, 0.15) is 17.4 Å². The minimum absolute atomic E-state index is 0.000798. The molecule has 0 N–H and O–H groups in total. The molecule has 0 bridgehead atoms. The molecule has 236 valence electrons. The Morgan fingerprint density at radius 2 is 1.49 bits per heavy atom. The number of ether oxygens (including phenoxy) is 1. The predicted molar refractivity (Wildman–Crippen MR) is 148 cm³/mol. The Morgan fingerprint density at radius 1 is 0.822 bits per heavy atom. The van der Waals surface area contributed by atoms with Gasteiger partial charge >= 0.3 is 18.5 Å². The molecule has 0 aliphatic heterocycles. The highest BCUT2D eigenvalue weighted by Gasteiger charge is 2.61. The van der Waals surface area contributed by atoms with Gasteiger partial charge in [-0.15, -0.1) is 0 Å². The van der Waals surface area contributed by atoms with Crippen LogP contribution < -0.4 is 4.74 Å². The highest BCUT2D eigenvalue weighted by Crippen LogP contribution is 2.42. The van der Waals surface area contributed by atoms with Gasteiger partial charge in [-0.2, -0.15) is 35.1 Å². The highest BCUT2D eigenvalue weighted by molar-refractivity contribution is 7.84. The van der Waals surface area contributed by atoms with E-state index in [0.29, 0.717) is 16.0 Å². The maximum Gasteiger partial charge on any atom is 0.499 e. The van der Waals surface area contributed by atoms with Crippen LogP contribution in [0.4, 0.5) is 35.1 Å². The number of imidazole rings is 1. The summed E-state index contributed by atoms with van der Waals surface area (Å²) in [5.74, 6) is -0.867. The van der Waals surface area contributed by atoms with E-state index in [1.807, 2.05) is 0 Å². The lowest BCUT2D eigenvalue weighted by Gasteiger charge is -2.20. The van der Waals surface area contributed by atoms with Crippen LogP contribution >= 0.6 is 0 Å². The Hall–Kier alpha value is -4.53. The maximum atomic E-state index is 13.7. The molecule has 2 heterocycles. The van der Waals surface area contributed by atoms with Crippen LogP contribution in [0, 0.1) is 13.8 Å². The third-order valence-electron chi connectivity index (χ3n) is 6.59. The fraction of sp³-hybridized carbons (Fsp3) is 0.200. The van der Waals surface area contributed by atoms with Crippen LogP contribution in [0.5, 0.6) is 5.75 Å². The molecule has 5 rings (SSSR count). The molecule has 0 spiro atoms. The number of hydrogen-bond donors (Lipinski definition) is 0. The zero-order valence-electron chi connectivity index (χ0n) is 23.4. The average molecular weight is 656 g/mol. The lowest BCUT2D eigenvalue weighted by atomic mass is 9.98. The maximum absolute atomic E-state index is 13.7. The van der Waals surface area contributed by atoms with Crippen molar-refractivity contribution in [2.75, 3.05) is 6.26 Å². The van der Waals surface area contributed by atoms with E-state index in [-0.39, 0.29) is 40.0 Å². The van der Waals surface area contributed by atoms with Gasteiger partial charge in [-0.25, -0.2) is 9.97 Å². The smallest absolute Gasteiger partial charge is 0.440 e. The van der Waals surface area contributed by atoms with E-state index in [1.54, 1.807) is 36.4 Å². The van der Waals surface area contributed by atoms with Gasteiger partial charge in [-0.05, 0) is 54.4 Å². The molecule has 0 aliphatic rings. The molecule has 0 saturated carbocycles. The second kappa shape index (κ2) is 11.4. The zero-order valence-corrected chi connectivity index (χ0v) is 24.2. The largest absolute Gasteiger partial charge is 0.499 e. The molecule has 0 radical (unpaired) electrons. The van der Waals surface area contributed by atoms with Crippen molar-refractivity contribution >= 4 is 10.8 Å². The van der Waals surface area contributed by atoms with E-state index < -0.39 is 40.7 Å². The van der Waals surface area contributed by atoms with Gasteiger partial charge in [-0.1, -0.05) is 30.3 Å². The molecule has 1 unspecified atom stereocenters. The van der Waals surface area contributed by atoms with Gasteiger partial charge in [0.1, 0.15) is 17.3 Å². The fourth-order valence-electron chi connectivity index (χ4n) is 4.53. The first kappa shape index (κ1) is 31.9. The first-order valence-electron chi connectivity index (χ1n) is 12.9. The average Bonchev–Trinajstić information content (AvgIpc) is 3.54. The van der Waals surface area contributed by atoms with Crippen molar-refractivity contribution < 1.29 is 48.5 Å². The molecule has 5 aromatic rings. The molecule has 3 aromatic carbocycles. The molecule has 0 fully saturated rings. The Morgan fingerprint density at radius 3 is 2.13 bits per heavy atom. The van der Waals surface area contributed by atoms with Crippen molar-refractivity contribution in [2.24, 2.45) is 0 Å². The highest BCUT2D eigenvalue weighted by atomic mass is 32.2. The third-order valence-corrected chi connectivity index (χ3v) is 7.51. The summed E-state index contributed by atoms with van der Waals surface area (Å²) >= 11 is 0. The molecular weight excluding hydrogens is 634 g/mol. The number of rotatable bonds is 7. The summed E-state index contributed by atoms with van der Waals surface area (Å²) in [6, 6.07) is 15.8. The van der Waals surface area contributed by atoms with Crippen LogP contribution in [0.25, 0.3) is 39.4 Å². The van der Waals surface area contributed by atoms with Crippen molar-refractivity contribution in [3.05, 3.63) is 90.3 Å². The van der Waals surface area contributed by atoms with Crippen LogP contribution in [-0.2, 0) is 17.0 Å². The van der Waals surface area contributed by atoms with Crippen LogP contribution in [-0.4, -0.2) is 37.3 Å². The SMILES string of the molecule is Cc1nc(-c2cc(-c3cccc(S(C)=O)c3)ccc2-n2cc(C(F)(F)F)nc2C)c(-c2cccc(OC(F)(F)C(F)(F)F)c2)o1. The third kappa shape index (κ3) is 6.48. The summed E-state index contributed by atoms with van der Waals surface area (Å²) in [6.45, 7) is 2.82. The Balaban J connectivity index is 1.72. The van der Waals surface area contributed by atoms with Crippen molar-refractivity contribution in [3.8, 4) is 45.1 Å². The summed E-state index contributed by atoms with van der Waals surface area (Å²) in [5.41, 5.74) is 0.438. The first-order chi connectivity index (χ1) is 20.9. The lowest BCUT2D eigenvalue weighted by Crippen LogP contribution is -2.41. The van der Waals surface area contributed by atoms with Crippen molar-refractivity contribution in [1.82, 2.24) is 14.5 Å². The quantitative estimate of drug-likeness (QED) is 0.164. The van der Waals surface area contributed by atoms with Gasteiger partial charge in [0.15, 0.2) is 17.3 Å². The number of nitrogens with zero attached hydrogens (tertiary/aromatic N) is 3. The second-order valence-corrected chi connectivity index (χ2v) is 11.2. The Kier molecular flexibility index (Phi) is 8.10. The minimum atomic E-state index is -5.98. The molecule has 0 saturated heterocycles. The number of oxazole rings is 1. The first-order valence-corrected chi connectivity index (χ1v) is 14.4. The standard InChI is InChI=1S/C30H21F8N3O3S/c1-16-39-25(28(31,32)33)15-41(16)24-11-10-19(18-6-5-9-22(13-18)45(3)42)14-23(24)26-27(43-17(2)40-26)20-7-4-8-21(12-20)44-30(37,38)29(34,35)36/h4-15H,1-3H3. The van der Waals surface area contributed by atoms with Gasteiger partial charge in [0.05, 0.1) is 5.69 Å². The fourth-order valence-corrected chi connectivity index (χ4v) is 5.10. The molecule has 1 atom stereocenters. The van der Waals surface area contributed by atoms with Gasteiger partial charge in [0.25, 0.3) is 0 Å². The molecule has 6 nitrogen and oxygen atoms in total. The van der Waals surface area contributed by atoms with Crippen LogP contribution in [0.15, 0.2) is 82.2 Å². The summed E-state index contributed by atoms with van der Waals surface area (Å²) < 4.78 is 129. The summed E-state index contributed by atoms with van der Waals surface area (Å²) in [6.07, 6.45) is -13.9. The van der Waals surface area contributed by atoms with Crippen LogP contribution in [0.2, 0.25) is 0 Å². The van der Waals surface area contributed by atoms with E-state index >= 15 is 0 Å². The molecule has 0 amide bonds. The number of halogens is 8. The summed E-state index contributed by atoms with van der Waals surface area (Å²) in [4.78, 5) is 8.57. The van der Waals surface area contributed by atoms with E-state index in [4.69, 9.17) is 4.42 Å². The summed E-state index contributed by atoms with van der Waals surface area (Å²) in [7, 11) is -1.32. The number of alkyl halides is 8. The molecule has 45 heavy (non-hydrogen) atoms. The zero-order chi connectivity index (χ0) is 32.9. The van der Waals surface area contributed by atoms with E-state index in [2.05, 4.69) is 14.7 Å². The Labute approximate surface area is 252 Å². The lowest BCUT2D eigenvalue weighted by molar-refractivity contribution is -0.360. The minimum Gasteiger partial charge on any atom is -0.440 e. The van der Waals surface area contributed by atoms with Crippen molar-refractivity contribution in [2.45, 2.75) is 37.2 Å². The Bertz CT molecular complexity index is 1910. The van der Waals surface area contributed by atoms with E-state index in [1.165, 1.54) is 42.9 Å². The summed E-state index contributed by atoms with van der Waals surface area (Å²) in [5, 5.41) is 0. The second-order valence-electron chi connectivity index (χ2n) is 9.81. The van der Waals surface area contributed by atoms with Gasteiger partial charge < -0.3 is 13.7 Å². The number of benzene rings is 3.